The molecule has 1 aromatic carbocycles. The van der Waals surface area contributed by atoms with Crippen LogP contribution < -0.4 is 10.1 Å². The first-order chi connectivity index (χ1) is 9.71. The van der Waals surface area contributed by atoms with Gasteiger partial charge in [0.1, 0.15) is 11.4 Å². The highest BCUT2D eigenvalue weighted by atomic mass is 16.6. The Balaban J connectivity index is 2.92. The predicted octanol–water partition coefficient (Wildman–Crippen LogP) is 3.29. The van der Waals surface area contributed by atoms with Crippen molar-refractivity contribution in [2.45, 2.75) is 26.4 Å². The first kappa shape index (κ1) is 16.5. The second-order valence-electron chi connectivity index (χ2n) is 5.18. The van der Waals surface area contributed by atoms with Gasteiger partial charge < -0.3 is 9.47 Å². The van der Waals surface area contributed by atoms with E-state index < -0.39 is 16.6 Å². The molecule has 114 valence electrons. The van der Waals surface area contributed by atoms with Crippen LogP contribution in [-0.4, -0.2) is 23.7 Å². The van der Waals surface area contributed by atoms with Gasteiger partial charge in [-0.05, 0) is 39.0 Å². The van der Waals surface area contributed by atoms with E-state index in [0.717, 1.165) is 6.20 Å². The number of ether oxygens (including phenoxy) is 2. The van der Waals surface area contributed by atoms with Gasteiger partial charge in [0, 0.05) is 17.3 Å². The van der Waals surface area contributed by atoms with Crippen LogP contribution in [-0.2, 0) is 4.74 Å². The minimum absolute atomic E-state index is 0.452. The number of carbonyl (C=O) groups excluding carboxylic acids is 1. The van der Waals surface area contributed by atoms with Crippen molar-refractivity contribution in [3.63, 3.8) is 0 Å². The number of hydrogen-bond acceptors (Lipinski definition) is 5. The normalized spacial score (nSPS) is 11.2. The number of methoxy groups -OCH3 is 1. The van der Waals surface area contributed by atoms with Crippen LogP contribution in [0, 0.1) is 10.1 Å². The van der Waals surface area contributed by atoms with Crippen LogP contribution in [0.25, 0.3) is 6.08 Å². The standard InChI is InChI=1S/C14H18N2O5/c1-14(2,3)21-13(17)15-11-5-6-12(20-4)10(9-11)7-8-16(18)19/h5-9H,1-4H3,(H,15,17)/b8-7+. The third kappa shape index (κ3) is 5.94. The van der Waals surface area contributed by atoms with E-state index in [1.54, 1.807) is 39.0 Å². The average molecular weight is 294 g/mol. The molecule has 0 saturated heterocycles. The second kappa shape index (κ2) is 6.74. The first-order valence-electron chi connectivity index (χ1n) is 6.21. The minimum atomic E-state index is -0.606. The van der Waals surface area contributed by atoms with Crippen molar-refractivity contribution in [3.8, 4) is 5.75 Å². The Morgan fingerprint density at radius 2 is 2.05 bits per heavy atom. The van der Waals surface area contributed by atoms with Gasteiger partial charge in [-0.2, -0.15) is 0 Å². The maximum atomic E-state index is 11.7. The Labute approximate surface area is 122 Å². The molecule has 0 radical (unpaired) electrons. The fourth-order valence-corrected chi connectivity index (χ4v) is 1.50. The van der Waals surface area contributed by atoms with Gasteiger partial charge in [-0.1, -0.05) is 0 Å². The van der Waals surface area contributed by atoms with Gasteiger partial charge in [-0.15, -0.1) is 0 Å². The lowest BCUT2D eigenvalue weighted by Gasteiger charge is -2.19. The molecule has 0 atom stereocenters. The van der Waals surface area contributed by atoms with Crippen LogP contribution in [0.15, 0.2) is 24.4 Å². The number of nitro groups is 1. The van der Waals surface area contributed by atoms with Crippen molar-refractivity contribution < 1.29 is 19.2 Å². The zero-order chi connectivity index (χ0) is 16.0. The molecule has 21 heavy (non-hydrogen) atoms. The van der Waals surface area contributed by atoms with Crippen LogP contribution in [0.4, 0.5) is 10.5 Å². The summed E-state index contributed by atoms with van der Waals surface area (Å²) in [5.74, 6) is 0.461. The van der Waals surface area contributed by atoms with Crippen molar-refractivity contribution >= 4 is 17.9 Å². The Bertz CT molecular complexity index is 561. The molecule has 0 aliphatic heterocycles. The summed E-state index contributed by atoms with van der Waals surface area (Å²) in [6.07, 6.45) is 1.49. The van der Waals surface area contributed by atoms with Gasteiger partial charge in [0.2, 0.25) is 6.20 Å². The summed E-state index contributed by atoms with van der Waals surface area (Å²) in [5.41, 5.74) is 0.320. The average Bonchev–Trinajstić information content (AvgIpc) is 2.34. The molecule has 1 rings (SSSR count). The van der Waals surface area contributed by atoms with Gasteiger partial charge in [-0.3, -0.25) is 15.4 Å². The van der Waals surface area contributed by atoms with Crippen molar-refractivity contribution in [3.05, 3.63) is 40.1 Å². The largest absolute Gasteiger partial charge is 0.496 e. The summed E-state index contributed by atoms with van der Waals surface area (Å²) in [5, 5.41) is 12.9. The Kier molecular flexibility index (Phi) is 5.29. The summed E-state index contributed by atoms with van der Waals surface area (Å²) in [7, 11) is 1.46. The number of anilines is 1. The van der Waals surface area contributed by atoms with Gasteiger partial charge in [-0.25, -0.2) is 4.79 Å². The van der Waals surface area contributed by atoms with E-state index in [-0.39, 0.29) is 0 Å². The highest BCUT2D eigenvalue weighted by Crippen LogP contribution is 2.24. The molecule has 0 saturated carbocycles. The molecule has 0 aromatic heterocycles. The number of nitrogens with zero attached hydrogens (tertiary/aromatic N) is 1. The maximum absolute atomic E-state index is 11.7. The summed E-state index contributed by atoms with van der Waals surface area (Å²) >= 11 is 0. The Hall–Kier alpha value is -2.57. The molecule has 7 nitrogen and oxygen atoms in total. The van der Waals surface area contributed by atoms with Crippen LogP contribution in [0.1, 0.15) is 26.3 Å². The van der Waals surface area contributed by atoms with E-state index >= 15 is 0 Å². The van der Waals surface area contributed by atoms with E-state index in [1.807, 2.05) is 0 Å². The lowest BCUT2D eigenvalue weighted by Crippen LogP contribution is -2.27. The van der Waals surface area contributed by atoms with Gasteiger partial charge >= 0.3 is 6.09 Å². The fourth-order valence-electron chi connectivity index (χ4n) is 1.50. The molecular formula is C14H18N2O5. The quantitative estimate of drug-likeness (QED) is 0.679. The van der Waals surface area contributed by atoms with Crippen molar-refractivity contribution in [2.75, 3.05) is 12.4 Å². The van der Waals surface area contributed by atoms with Gasteiger partial charge in [0.15, 0.2) is 0 Å². The Morgan fingerprint density at radius 3 is 2.57 bits per heavy atom. The van der Waals surface area contributed by atoms with Gasteiger partial charge in [0.05, 0.1) is 12.0 Å². The molecule has 0 heterocycles. The van der Waals surface area contributed by atoms with Crippen LogP contribution in [0.5, 0.6) is 5.75 Å². The number of nitrogens with one attached hydrogen (secondary N) is 1. The van der Waals surface area contributed by atoms with Crippen molar-refractivity contribution in [2.24, 2.45) is 0 Å². The van der Waals surface area contributed by atoms with Crippen molar-refractivity contribution in [1.82, 2.24) is 0 Å². The smallest absolute Gasteiger partial charge is 0.412 e. The molecule has 0 fully saturated rings. The van der Waals surface area contributed by atoms with E-state index in [2.05, 4.69) is 5.32 Å². The predicted molar refractivity (Wildman–Crippen MR) is 78.9 cm³/mol. The fraction of sp³-hybridized carbons (Fsp3) is 0.357. The second-order valence-corrected chi connectivity index (χ2v) is 5.18. The highest BCUT2D eigenvalue weighted by molar-refractivity contribution is 5.85. The zero-order valence-corrected chi connectivity index (χ0v) is 12.4. The summed E-state index contributed by atoms with van der Waals surface area (Å²) in [6.45, 7) is 5.27. The van der Waals surface area contributed by atoms with Crippen LogP contribution in [0.3, 0.4) is 0 Å². The maximum Gasteiger partial charge on any atom is 0.412 e. The van der Waals surface area contributed by atoms with E-state index in [9.17, 15) is 14.9 Å². The molecule has 1 aromatic rings. The highest BCUT2D eigenvalue weighted by Gasteiger charge is 2.16. The SMILES string of the molecule is COc1ccc(NC(=O)OC(C)(C)C)cc1/C=C/[N+](=O)[O-]. The Morgan fingerprint density at radius 1 is 1.38 bits per heavy atom. The van der Waals surface area contributed by atoms with Crippen LogP contribution >= 0.6 is 0 Å². The van der Waals surface area contributed by atoms with Crippen LogP contribution in [0.2, 0.25) is 0 Å². The third-order valence-electron chi connectivity index (χ3n) is 2.25. The molecular weight excluding hydrogens is 276 g/mol. The topological polar surface area (TPSA) is 90.7 Å². The van der Waals surface area contributed by atoms with E-state index in [4.69, 9.17) is 9.47 Å². The van der Waals surface area contributed by atoms with E-state index in [0.29, 0.717) is 17.0 Å². The number of rotatable bonds is 4. The molecule has 0 aliphatic rings. The van der Waals surface area contributed by atoms with E-state index in [1.165, 1.54) is 13.2 Å². The van der Waals surface area contributed by atoms with Gasteiger partial charge in [0.25, 0.3) is 0 Å². The lowest BCUT2D eigenvalue weighted by molar-refractivity contribution is -0.400. The summed E-state index contributed by atoms with van der Waals surface area (Å²) in [6, 6.07) is 4.78. The molecule has 0 spiro atoms. The summed E-state index contributed by atoms with van der Waals surface area (Å²) < 4.78 is 10.2. The zero-order valence-electron chi connectivity index (χ0n) is 12.4. The molecule has 7 heteroatoms. The van der Waals surface area contributed by atoms with Crippen molar-refractivity contribution in [1.29, 1.82) is 0 Å². The minimum Gasteiger partial charge on any atom is -0.496 e. The summed E-state index contributed by atoms with van der Waals surface area (Å²) in [4.78, 5) is 21.5. The number of benzene rings is 1. The molecule has 1 amide bonds. The number of amides is 1. The molecule has 0 bridgehead atoms. The third-order valence-corrected chi connectivity index (χ3v) is 2.25. The molecule has 0 unspecified atom stereocenters. The molecule has 0 aliphatic carbocycles. The molecule has 1 N–H and O–H groups in total. The monoisotopic (exact) mass is 294 g/mol. The number of carbonyl (C=O) groups is 1. The lowest BCUT2D eigenvalue weighted by atomic mass is 10.1. The number of hydrogen-bond donors (Lipinski definition) is 1. The first-order valence-corrected chi connectivity index (χ1v) is 6.21.